The zero-order valence-corrected chi connectivity index (χ0v) is 12.6. The second-order valence-electron chi connectivity index (χ2n) is 5.04. The molecule has 2 rings (SSSR count). The van der Waals surface area contributed by atoms with Crippen LogP contribution >= 0.6 is 11.6 Å². The Labute approximate surface area is 119 Å². The fourth-order valence-electron chi connectivity index (χ4n) is 2.19. The molecule has 1 aromatic heterocycles. The first-order valence-corrected chi connectivity index (χ1v) is 8.10. The van der Waals surface area contributed by atoms with Crippen LogP contribution in [0.2, 0.25) is 5.15 Å². The highest BCUT2D eigenvalue weighted by Crippen LogP contribution is 2.21. The Balaban J connectivity index is 2.14. The minimum Gasteiger partial charge on any atom is -0.269 e. The molecule has 0 saturated carbocycles. The molecule has 1 N–H and O–H groups in total. The predicted octanol–water partition coefficient (Wildman–Crippen LogP) is 2.43. The van der Waals surface area contributed by atoms with Crippen molar-refractivity contribution in [2.75, 3.05) is 17.8 Å². The molecule has 0 aromatic carbocycles. The minimum atomic E-state index is -3.50. The molecule has 19 heavy (non-hydrogen) atoms. The van der Waals surface area contributed by atoms with E-state index in [2.05, 4.69) is 16.6 Å². The lowest BCUT2D eigenvalue weighted by atomic mass is 10.0. The van der Waals surface area contributed by atoms with Crippen LogP contribution in [0, 0.1) is 12.8 Å². The van der Waals surface area contributed by atoms with E-state index in [1.807, 2.05) is 0 Å². The van der Waals surface area contributed by atoms with Gasteiger partial charge in [-0.25, -0.2) is 4.98 Å². The van der Waals surface area contributed by atoms with Gasteiger partial charge in [-0.1, -0.05) is 18.5 Å². The number of nitrogens with one attached hydrogen (secondary N) is 1. The van der Waals surface area contributed by atoms with E-state index in [4.69, 9.17) is 11.6 Å². The van der Waals surface area contributed by atoms with Gasteiger partial charge in [-0.05, 0) is 37.3 Å². The van der Waals surface area contributed by atoms with Gasteiger partial charge in [-0.2, -0.15) is 12.7 Å². The molecule has 1 atom stereocenters. The molecule has 1 aromatic rings. The van der Waals surface area contributed by atoms with Gasteiger partial charge in [0, 0.05) is 13.1 Å². The number of rotatable bonds is 3. The summed E-state index contributed by atoms with van der Waals surface area (Å²) in [4.78, 5) is 3.94. The predicted molar refractivity (Wildman–Crippen MR) is 76.5 cm³/mol. The summed E-state index contributed by atoms with van der Waals surface area (Å²) in [6.07, 6.45) is 3.41. The third-order valence-electron chi connectivity index (χ3n) is 3.22. The Kier molecular flexibility index (Phi) is 4.32. The third kappa shape index (κ3) is 3.58. The summed E-state index contributed by atoms with van der Waals surface area (Å²) in [5.74, 6) is 0.399. The van der Waals surface area contributed by atoms with Gasteiger partial charge >= 0.3 is 10.2 Å². The second kappa shape index (κ2) is 5.64. The molecule has 1 fully saturated rings. The molecule has 0 radical (unpaired) electrons. The lowest BCUT2D eigenvalue weighted by Crippen LogP contribution is -2.42. The highest BCUT2D eigenvalue weighted by atomic mass is 35.5. The fourth-order valence-corrected chi connectivity index (χ4v) is 3.65. The van der Waals surface area contributed by atoms with Crippen molar-refractivity contribution in [3.63, 3.8) is 0 Å². The Morgan fingerprint density at radius 1 is 1.53 bits per heavy atom. The summed E-state index contributed by atoms with van der Waals surface area (Å²) in [6, 6.07) is 1.68. The third-order valence-corrected chi connectivity index (χ3v) is 5.12. The van der Waals surface area contributed by atoms with Crippen molar-refractivity contribution in [3.8, 4) is 0 Å². The van der Waals surface area contributed by atoms with Crippen LogP contribution in [0.4, 0.5) is 5.69 Å². The molecule has 106 valence electrons. The van der Waals surface area contributed by atoms with Crippen LogP contribution in [0.3, 0.4) is 0 Å². The van der Waals surface area contributed by atoms with Crippen LogP contribution in [0.25, 0.3) is 0 Å². The molecule has 1 aliphatic rings. The number of aryl methyl sites for hydroxylation is 1. The molecule has 1 saturated heterocycles. The number of anilines is 1. The second-order valence-corrected chi connectivity index (χ2v) is 7.07. The normalized spacial score (nSPS) is 21.3. The Bertz CT molecular complexity index is 562. The highest BCUT2D eigenvalue weighted by Gasteiger charge is 2.27. The van der Waals surface area contributed by atoms with Crippen LogP contribution in [-0.2, 0) is 10.2 Å². The zero-order valence-electron chi connectivity index (χ0n) is 11.1. The molecule has 0 spiro atoms. The number of hydrogen-bond donors (Lipinski definition) is 1. The van der Waals surface area contributed by atoms with E-state index in [9.17, 15) is 8.42 Å². The minimum absolute atomic E-state index is 0.384. The average molecular weight is 304 g/mol. The molecule has 1 unspecified atom stereocenters. The standard InChI is InChI=1S/C12H18ClN3O2S/c1-9-4-3-5-16(8-9)19(17,18)15-11-6-10(2)12(13)14-7-11/h6-7,9,15H,3-5,8H2,1-2H3. The number of halogens is 1. The first-order chi connectivity index (χ1) is 8.88. The molecule has 2 heterocycles. The molecular formula is C12H18ClN3O2S. The van der Waals surface area contributed by atoms with Crippen LogP contribution in [0.1, 0.15) is 25.3 Å². The lowest BCUT2D eigenvalue weighted by molar-refractivity contribution is 0.282. The molecule has 7 heteroatoms. The van der Waals surface area contributed by atoms with Gasteiger partial charge in [0.2, 0.25) is 0 Å². The van der Waals surface area contributed by atoms with Crippen LogP contribution < -0.4 is 4.72 Å². The van der Waals surface area contributed by atoms with E-state index in [1.54, 1.807) is 13.0 Å². The van der Waals surface area contributed by atoms with Crippen molar-refractivity contribution in [3.05, 3.63) is 23.0 Å². The Hall–Kier alpha value is -0.850. The van der Waals surface area contributed by atoms with Crippen molar-refractivity contribution >= 4 is 27.5 Å². The zero-order chi connectivity index (χ0) is 14.0. The molecular weight excluding hydrogens is 286 g/mol. The van der Waals surface area contributed by atoms with E-state index in [-0.39, 0.29) is 0 Å². The molecule has 0 amide bonds. The first-order valence-electron chi connectivity index (χ1n) is 6.28. The van der Waals surface area contributed by atoms with E-state index >= 15 is 0 Å². The van der Waals surface area contributed by atoms with Crippen LogP contribution in [0.5, 0.6) is 0 Å². The van der Waals surface area contributed by atoms with Crippen molar-refractivity contribution in [2.45, 2.75) is 26.7 Å². The maximum Gasteiger partial charge on any atom is 0.301 e. The summed E-state index contributed by atoms with van der Waals surface area (Å²) >= 11 is 5.82. The summed E-state index contributed by atoms with van der Waals surface area (Å²) in [5.41, 5.74) is 1.19. The maximum atomic E-state index is 12.3. The van der Waals surface area contributed by atoms with E-state index in [1.165, 1.54) is 10.5 Å². The van der Waals surface area contributed by atoms with Gasteiger partial charge in [-0.3, -0.25) is 4.72 Å². The summed E-state index contributed by atoms with van der Waals surface area (Å²) in [6.45, 7) is 4.99. The SMILES string of the molecule is Cc1cc(NS(=O)(=O)N2CCCC(C)C2)cnc1Cl. The number of aromatic nitrogens is 1. The van der Waals surface area contributed by atoms with Gasteiger partial charge in [0.05, 0.1) is 11.9 Å². The molecule has 0 bridgehead atoms. The van der Waals surface area contributed by atoms with Crippen molar-refractivity contribution in [1.82, 2.24) is 9.29 Å². The summed E-state index contributed by atoms with van der Waals surface area (Å²) in [7, 11) is -3.50. The quantitative estimate of drug-likeness (QED) is 0.872. The lowest BCUT2D eigenvalue weighted by Gasteiger charge is -2.30. The van der Waals surface area contributed by atoms with Gasteiger partial charge in [0.1, 0.15) is 5.15 Å². The highest BCUT2D eigenvalue weighted by molar-refractivity contribution is 7.90. The first kappa shape index (κ1) is 14.6. The van der Waals surface area contributed by atoms with Gasteiger partial charge in [-0.15, -0.1) is 0 Å². The van der Waals surface area contributed by atoms with E-state index < -0.39 is 10.2 Å². The largest absolute Gasteiger partial charge is 0.301 e. The maximum absolute atomic E-state index is 12.3. The monoisotopic (exact) mass is 303 g/mol. The number of piperidine rings is 1. The number of pyridine rings is 1. The summed E-state index contributed by atoms with van der Waals surface area (Å²) < 4.78 is 28.5. The van der Waals surface area contributed by atoms with E-state index in [0.717, 1.165) is 18.4 Å². The van der Waals surface area contributed by atoms with Gasteiger partial charge < -0.3 is 0 Å². The van der Waals surface area contributed by atoms with Gasteiger partial charge in [0.15, 0.2) is 0 Å². The smallest absolute Gasteiger partial charge is 0.269 e. The number of nitrogens with zero attached hydrogens (tertiary/aromatic N) is 2. The van der Waals surface area contributed by atoms with E-state index in [0.29, 0.717) is 29.8 Å². The van der Waals surface area contributed by atoms with Crippen molar-refractivity contribution in [1.29, 1.82) is 0 Å². The molecule has 0 aliphatic carbocycles. The number of hydrogen-bond acceptors (Lipinski definition) is 3. The average Bonchev–Trinajstić information content (AvgIpc) is 2.33. The Morgan fingerprint density at radius 2 is 2.26 bits per heavy atom. The topological polar surface area (TPSA) is 62.3 Å². The van der Waals surface area contributed by atoms with Crippen LogP contribution in [0.15, 0.2) is 12.3 Å². The van der Waals surface area contributed by atoms with Crippen molar-refractivity contribution in [2.24, 2.45) is 5.92 Å². The van der Waals surface area contributed by atoms with Crippen molar-refractivity contribution < 1.29 is 8.42 Å². The van der Waals surface area contributed by atoms with Crippen LogP contribution in [-0.4, -0.2) is 30.8 Å². The Morgan fingerprint density at radius 3 is 2.89 bits per heavy atom. The molecule has 5 nitrogen and oxygen atoms in total. The summed E-state index contributed by atoms with van der Waals surface area (Å²) in [5, 5.41) is 0.384. The fraction of sp³-hybridized carbons (Fsp3) is 0.583. The van der Waals surface area contributed by atoms with Gasteiger partial charge in [0.25, 0.3) is 0 Å². The molecule has 1 aliphatic heterocycles.